The fourth-order valence-electron chi connectivity index (χ4n) is 2.22. The molecule has 0 bridgehead atoms. The molecule has 0 aromatic carbocycles. The topological polar surface area (TPSA) is 29.9 Å². The molecule has 0 saturated heterocycles. The Hall–Kier alpha value is -0.830. The highest BCUT2D eigenvalue weighted by Gasteiger charge is 2.24. The molecular formula is C13H23N3. The van der Waals surface area contributed by atoms with E-state index in [0.717, 1.165) is 12.5 Å². The van der Waals surface area contributed by atoms with Crippen LogP contribution in [0.15, 0.2) is 12.4 Å². The maximum atomic E-state index is 4.31. The third kappa shape index (κ3) is 3.08. The van der Waals surface area contributed by atoms with Crippen LogP contribution in [0.5, 0.6) is 0 Å². The monoisotopic (exact) mass is 221 g/mol. The number of nitrogens with one attached hydrogen (secondary N) is 1. The summed E-state index contributed by atoms with van der Waals surface area (Å²) >= 11 is 0. The fraction of sp³-hybridized carbons (Fsp3) is 0.769. The van der Waals surface area contributed by atoms with Crippen LogP contribution in [0.25, 0.3) is 0 Å². The van der Waals surface area contributed by atoms with Crippen LogP contribution in [-0.2, 0) is 6.54 Å². The summed E-state index contributed by atoms with van der Waals surface area (Å²) in [6, 6.07) is 1.03. The minimum atomic E-state index is 0.411. The van der Waals surface area contributed by atoms with E-state index in [1.54, 1.807) is 0 Å². The van der Waals surface area contributed by atoms with Crippen molar-refractivity contribution in [1.82, 2.24) is 15.1 Å². The van der Waals surface area contributed by atoms with Crippen molar-refractivity contribution in [3.05, 3.63) is 18.0 Å². The molecule has 3 nitrogen and oxygen atoms in total. The normalized spacial score (nSPS) is 19.7. The highest BCUT2D eigenvalue weighted by Crippen LogP contribution is 2.33. The highest BCUT2D eigenvalue weighted by molar-refractivity contribution is 5.09. The van der Waals surface area contributed by atoms with Gasteiger partial charge in [0.15, 0.2) is 0 Å². The molecule has 0 spiro atoms. The van der Waals surface area contributed by atoms with E-state index in [1.165, 1.54) is 24.8 Å². The number of rotatable bonds is 6. The lowest BCUT2D eigenvalue weighted by atomic mass is 10.1. The van der Waals surface area contributed by atoms with Crippen molar-refractivity contribution in [3.8, 4) is 0 Å². The number of hydrogen-bond acceptors (Lipinski definition) is 2. The minimum Gasteiger partial charge on any atom is -0.308 e. The number of hydrogen-bond donors (Lipinski definition) is 1. The van der Waals surface area contributed by atoms with Crippen LogP contribution in [0.4, 0.5) is 0 Å². The molecule has 0 radical (unpaired) electrons. The van der Waals surface area contributed by atoms with Crippen molar-refractivity contribution < 1.29 is 0 Å². The van der Waals surface area contributed by atoms with E-state index in [2.05, 4.69) is 37.4 Å². The third-order valence-electron chi connectivity index (χ3n) is 3.40. The average Bonchev–Trinajstić information content (AvgIpc) is 2.93. The summed E-state index contributed by atoms with van der Waals surface area (Å²) in [5, 5.41) is 7.96. The van der Waals surface area contributed by atoms with E-state index in [0.29, 0.717) is 12.1 Å². The van der Waals surface area contributed by atoms with E-state index in [1.807, 2.05) is 10.9 Å². The van der Waals surface area contributed by atoms with Gasteiger partial charge in [0.05, 0.1) is 6.20 Å². The second kappa shape index (κ2) is 5.00. The minimum absolute atomic E-state index is 0.411. The first-order valence-electron chi connectivity index (χ1n) is 6.47. The maximum Gasteiger partial charge on any atom is 0.0537 e. The Balaban J connectivity index is 1.83. The van der Waals surface area contributed by atoms with Gasteiger partial charge in [-0.2, -0.15) is 5.10 Å². The SMILES string of the molecule is CCn1cc(C(C)NC(C)CC2CC2)cn1. The van der Waals surface area contributed by atoms with Gasteiger partial charge in [0.1, 0.15) is 0 Å². The van der Waals surface area contributed by atoms with Gasteiger partial charge in [-0.25, -0.2) is 0 Å². The average molecular weight is 221 g/mol. The number of nitrogens with zero attached hydrogens (tertiary/aromatic N) is 2. The molecule has 2 unspecified atom stereocenters. The van der Waals surface area contributed by atoms with E-state index >= 15 is 0 Å². The van der Waals surface area contributed by atoms with Crippen LogP contribution in [0.2, 0.25) is 0 Å². The molecule has 1 aromatic rings. The zero-order valence-electron chi connectivity index (χ0n) is 10.6. The number of aromatic nitrogens is 2. The van der Waals surface area contributed by atoms with Gasteiger partial charge in [-0.3, -0.25) is 4.68 Å². The van der Waals surface area contributed by atoms with Crippen molar-refractivity contribution in [2.75, 3.05) is 0 Å². The Bertz CT molecular complexity index is 328. The molecule has 0 aliphatic heterocycles. The molecule has 3 heteroatoms. The van der Waals surface area contributed by atoms with Crippen LogP contribution in [0.1, 0.15) is 51.6 Å². The van der Waals surface area contributed by atoms with Gasteiger partial charge in [0, 0.05) is 30.4 Å². The molecule has 1 aromatic heterocycles. The second-order valence-corrected chi connectivity index (χ2v) is 5.10. The van der Waals surface area contributed by atoms with Crippen molar-refractivity contribution in [3.63, 3.8) is 0 Å². The zero-order valence-corrected chi connectivity index (χ0v) is 10.6. The summed E-state index contributed by atoms with van der Waals surface area (Å²) < 4.78 is 1.99. The lowest BCUT2D eigenvalue weighted by molar-refractivity contribution is 0.438. The van der Waals surface area contributed by atoms with Gasteiger partial charge in [-0.15, -0.1) is 0 Å². The predicted octanol–water partition coefficient (Wildman–Crippen LogP) is 2.74. The molecule has 0 amide bonds. The maximum absolute atomic E-state index is 4.31. The first-order chi connectivity index (χ1) is 7.69. The molecule has 1 N–H and O–H groups in total. The number of aryl methyl sites for hydroxylation is 1. The molecule has 1 saturated carbocycles. The lowest BCUT2D eigenvalue weighted by Crippen LogP contribution is -2.29. The van der Waals surface area contributed by atoms with E-state index < -0.39 is 0 Å². The summed E-state index contributed by atoms with van der Waals surface area (Å²) in [7, 11) is 0. The van der Waals surface area contributed by atoms with Crippen LogP contribution < -0.4 is 5.32 Å². The molecular weight excluding hydrogens is 198 g/mol. The van der Waals surface area contributed by atoms with Gasteiger partial charge in [0.25, 0.3) is 0 Å². The quantitative estimate of drug-likeness (QED) is 0.800. The molecule has 90 valence electrons. The molecule has 16 heavy (non-hydrogen) atoms. The van der Waals surface area contributed by atoms with Crippen molar-refractivity contribution >= 4 is 0 Å². The molecule has 1 fully saturated rings. The summed E-state index contributed by atoms with van der Waals surface area (Å²) in [4.78, 5) is 0. The van der Waals surface area contributed by atoms with E-state index in [-0.39, 0.29) is 0 Å². The van der Waals surface area contributed by atoms with E-state index in [9.17, 15) is 0 Å². The Labute approximate surface area is 98.2 Å². The molecule has 2 rings (SSSR count). The van der Waals surface area contributed by atoms with Crippen LogP contribution in [0.3, 0.4) is 0 Å². The Morgan fingerprint density at radius 2 is 2.25 bits per heavy atom. The third-order valence-corrected chi connectivity index (χ3v) is 3.40. The van der Waals surface area contributed by atoms with Crippen molar-refractivity contribution in [2.45, 2.75) is 58.7 Å². The van der Waals surface area contributed by atoms with Crippen LogP contribution in [-0.4, -0.2) is 15.8 Å². The van der Waals surface area contributed by atoms with E-state index in [4.69, 9.17) is 0 Å². The van der Waals surface area contributed by atoms with Crippen molar-refractivity contribution in [1.29, 1.82) is 0 Å². The van der Waals surface area contributed by atoms with Gasteiger partial charge in [0.2, 0.25) is 0 Å². The van der Waals surface area contributed by atoms with Crippen molar-refractivity contribution in [2.24, 2.45) is 5.92 Å². The first-order valence-corrected chi connectivity index (χ1v) is 6.47. The molecule has 1 aliphatic carbocycles. The summed E-state index contributed by atoms with van der Waals surface area (Å²) in [5.74, 6) is 0.994. The largest absolute Gasteiger partial charge is 0.308 e. The standard InChI is InChI=1S/C13H23N3/c1-4-16-9-13(8-14-16)11(3)15-10(2)7-12-5-6-12/h8-12,15H,4-7H2,1-3H3. The highest BCUT2D eigenvalue weighted by atomic mass is 15.3. The summed E-state index contributed by atoms with van der Waals surface area (Å²) in [6.07, 6.45) is 8.32. The summed E-state index contributed by atoms with van der Waals surface area (Å²) in [6.45, 7) is 7.58. The smallest absolute Gasteiger partial charge is 0.0537 e. The van der Waals surface area contributed by atoms with Gasteiger partial charge < -0.3 is 5.32 Å². The zero-order chi connectivity index (χ0) is 11.5. The molecule has 1 aliphatic rings. The Kier molecular flexibility index (Phi) is 3.64. The summed E-state index contributed by atoms with van der Waals surface area (Å²) in [5.41, 5.74) is 1.30. The van der Waals surface area contributed by atoms with Gasteiger partial charge in [-0.1, -0.05) is 12.8 Å². The molecule has 2 atom stereocenters. The van der Waals surface area contributed by atoms with Crippen LogP contribution >= 0.6 is 0 Å². The van der Waals surface area contributed by atoms with Gasteiger partial charge >= 0.3 is 0 Å². The second-order valence-electron chi connectivity index (χ2n) is 5.10. The first kappa shape index (κ1) is 11.6. The fourth-order valence-corrected chi connectivity index (χ4v) is 2.22. The lowest BCUT2D eigenvalue weighted by Gasteiger charge is -2.18. The van der Waals surface area contributed by atoms with Crippen LogP contribution in [0, 0.1) is 5.92 Å². The molecule has 1 heterocycles. The van der Waals surface area contributed by atoms with Gasteiger partial charge in [-0.05, 0) is 33.1 Å². The Morgan fingerprint density at radius 1 is 1.50 bits per heavy atom. The Morgan fingerprint density at radius 3 is 2.81 bits per heavy atom. The predicted molar refractivity (Wildman–Crippen MR) is 66.3 cm³/mol.